The number of hydrazone groups is 1. The third kappa shape index (κ3) is 4.85. The van der Waals surface area contributed by atoms with Crippen LogP contribution in [-0.2, 0) is 0 Å². The van der Waals surface area contributed by atoms with Crippen LogP contribution in [0.4, 0.5) is 11.6 Å². The number of anilines is 2. The van der Waals surface area contributed by atoms with Gasteiger partial charge in [0.05, 0.1) is 6.21 Å². The van der Waals surface area contributed by atoms with Gasteiger partial charge in [0.15, 0.2) is 0 Å². The van der Waals surface area contributed by atoms with Crippen molar-refractivity contribution in [2.24, 2.45) is 5.10 Å². The van der Waals surface area contributed by atoms with Crippen molar-refractivity contribution < 1.29 is 4.79 Å². The monoisotopic (exact) mass is 362 g/mol. The molecule has 0 saturated heterocycles. The van der Waals surface area contributed by atoms with Gasteiger partial charge in [-0.05, 0) is 43.7 Å². The first-order valence-corrected chi connectivity index (χ1v) is 8.22. The quantitative estimate of drug-likeness (QED) is 0.477. The zero-order chi connectivity index (χ0) is 19.2. The lowest BCUT2D eigenvalue weighted by Gasteiger charge is -2.06. The number of aryl methyl sites for hydroxylation is 2. The Morgan fingerprint density at radius 1 is 1.11 bits per heavy atom. The lowest BCUT2D eigenvalue weighted by Crippen LogP contribution is -2.15. The normalized spacial score (nSPS) is 10.7. The minimum absolute atomic E-state index is 0.144. The summed E-state index contributed by atoms with van der Waals surface area (Å²) in [5.74, 6) is -0.0413. The van der Waals surface area contributed by atoms with Gasteiger partial charge < -0.3 is 5.32 Å². The topological polar surface area (TPSA) is 112 Å². The molecule has 8 nitrogen and oxygen atoms in total. The summed E-state index contributed by atoms with van der Waals surface area (Å²) in [6, 6.07) is 14.5. The number of aromatic amines is 1. The minimum Gasteiger partial charge on any atom is -0.322 e. The fourth-order valence-electron chi connectivity index (χ4n) is 2.22. The van der Waals surface area contributed by atoms with Crippen LogP contribution in [0.5, 0.6) is 0 Å². The van der Waals surface area contributed by atoms with Gasteiger partial charge in [-0.15, -0.1) is 10.2 Å². The lowest BCUT2D eigenvalue weighted by atomic mass is 10.1. The van der Waals surface area contributed by atoms with Crippen LogP contribution in [0, 0.1) is 13.8 Å². The molecule has 1 aromatic heterocycles. The molecule has 2 aromatic carbocycles. The van der Waals surface area contributed by atoms with Crippen LogP contribution in [0.25, 0.3) is 0 Å². The van der Waals surface area contributed by atoms with Gasteiger partial charge in [-0.1, -0.05) is 29.8 Å². The van der Waals surface area contributed by atoms with Crippen LogP contribution in [0.15, 0.2) is 58.4 Å². The second-order valence-electron chi connectivity index (χ2n) is 5.90. The first-order valence-electron chi connectivity index (χ1n) is 8.22. The number of carbonyl (C=O) groups excluding carboxylic acids is 1. The largest absolute Gasteiger partial charge is 0.322 e. The SMILES string of the molecule is Cc1ccc(C(=O)Nc2cccc(C=NNc3nnc(C)c(=O)[nH]3)c2)cc1. The number of carbonyl (C=O) groups is 1. The summed E-state index contributed by atoms with van der Waals surface area (Å²) >= 11 is 0. The van der Waals surface area contributed by atoms with Crippen molar-refractivity contribution in [3.8, 4) is 0 Å². The Morgan fingerprint density at radius 2 is 1.89 bits per heavy atom. The number of nitrogens with one attached hydrogen (secondary N) is 3. The summed E-state index contributed by atoms with van der Waals surface area (Å²) < 4.78 is 0. The van der Waals surface area contributed by atoms with E-state index in [-0.39, 0.29) is 23.1 Å². The Morgan fingerprint density at radius 3 is 2.63 bits per heavy atom. The molecule has 0 aliphatic rings. The molecule has 0 bridgehead atoms. The van der Waals surface area contributed by atoms with Gasteiger partial charge in [-0.2, -0.15) is 5.10 Å². The highest BCUT2D eigenvalue weighted by Gasteiger charge is 2.05. The van der Waals surface area contributed by atoms with Gasteiger partial charge in [0.25, 0.3) is 11.5 Å². The van der Waals surface area contributed by atoms with Gasteiger partial charge in [0, 0.05) is 11.3 Å². The second-order valence-corrected chi connectivity index (χ2v) is 5.90. The van der Waals surface area contributed by atoms with Crippen molar-refractivity contribution in [2.45, 2.75) is 13.8 Å². The van der Waals surface area contributed by atoms with E-state index in [1.165, 1.54) is 0 Å². The molecule has 3 N–H and O–H groups in total. The Hall–Kier alpha value is -3.81. The molecule has 8 heteroatoms. The van der Waals surface area contributed by atoms with Crippen molar-refractivity contribution in [3.05, 3.63) is 81.3 Å². The van der Waals surface area contributed by atoms with E-state index in [0.29, 0.717) is 11.3 Å². The molecule has 3 rings (SSSR count). The Bertz CT molecular complexity index is 1040. The number of hydrogen-bond acceptors (Lipinski definition) is 6. The number of H-pyrrole nitrogens is 1. The van der Waals surface area contributed by atoms with Gasteiger partial charge in [-0.3, -0.25) is 14.6 Å². The Labute approximate surface area is 155 Å². The maximum absolute atomic E-state index is 12.3. The predicted molar refractivity (Wildman–Crippen MR) is 104 cm³/mol. The molecule has 3 aromatic rings. The van der Waals surface area contributed by atoms with Crippen molar-refractivity contribution >= 4 is 23.8 Å². The summed E-state index contributed by atoms with van der Waals surface area (Å²) in [5, 5.41) is 14.3. The first-order chi connectivity index (χ1) is 13.0. The maximum atomic E-state index is 12.3. The summed E-state index contributed by atoms with van der Waals surface area (Å²) in [4.78, 5) is 26.3. The van der Waals surface area contributed by atoms with Crippen LogP contribution in [0.3, 0.4) is 0 Å². The molecule has 0 spiro atoms. The average Bonchev–Trinajstić information content (AvgIpc) is 2.65. The molecule has 1 amide bonds. The standard InChI is InChI=1S/C19H18N6O2/c1-12-6-8-15(9-7-12)18(27)21-16-5-3-4-14(10-16)11-20-24-19-22-17(26)13(2)23-25-19/h3-11H,1-2H3,(H,21,27)(H2,22,24,25,26). The third-order valence-electron chi connectivity index (χ3n) is 3.70. The van der Waals surface area contributed by atoms with Gasteiger partial charge in [-0.25, -0.2) is 5.43 Å². The average molecular weight is 362 g/mol. The molecule has 0 radical (unpaired) electrons. The molecule has 0 saturated carbocycles. The zero-order valence-electron chi connectivity index (χ0n) is 14.9. The molecule has 1 heterocycles. The molecule has 0 aliphatic heterocycles. The number of amides is 1. The predicted octanol–water partition coefficient (Wildman–Crippen LogP) is 2.48. The molecule has 0 unspecified atom stereocenters. The number of rotatable bonds is 5. The highest BCUT2D eigenvalue weighted by molar-refractivity contribution is 6.04. The fourth-order valence-corrected chi connectivity index (χ4v) is 2.22. The molecule has 0 fully saturated rings. The molecule has 0 aliphatic carbocycles. The van der Waals surface area contributed by atoms with E-state index in [4.69, 9.17) is 0 Å². The molecule has 136 valence electrons. The van der Waals surface area contributed by atoms with E-state index in [1.807, 2.05) is 25.1 Å². The summed E-state index contributed by atoms with van der Waals surface area (Å²) in [6.45, 7) is 3.53. The maximum Gasteiger partial charge on any atom is 0.274 e. The number of hydrogen-bond donors (Lipinski definition) is 3. The van der Waals surface area contributed by atoms with Crippen LogP contribution < -0.4 is 16.3 Å². The number of aromatic nitrogens is 3. The smallest absolute Gasteiger partial charge is 0.274 e. The summed E-state index contributed by atoms with van der Waals surface area (Å²) in [5.41, 5.74) is 5.64. The third-order valence-corrected chi connectivity index (χ3v) is 3.70. The highest BCUT2D eigenvalue weighted by Crippen LogP contribution is 2.12. The van der Waals surface area contributed by atoms with Crippen molar-refractivity contribution in [2.75, 3.05) is 10.7 Å². The Balaban J connectivity index is 1.66. The van der Waals surface area contributed by atoms with Gasteiger partial charge >= 0.3 is 0 Å². The number of benzene rings is 2. The summed E-state index contributed by atoms with van der Waals surface area (Å²) in [7, 11) is 0. The van der Waals surface area contributed by atoms with E-state index < -0.39 is 0 Å². The van der Waals surface area contributed by atoms with E-state index in [2.05, 4.69) is 31.0 Å². The van der Waals surface area contributed by atoms with E-state index in [1.54, 1.807) is 43.5 Å². The lowest BCUT2D eigenvalue weighted by molar-refractivity contribution is 0.102. The zero-order valence-corrected chi connectivity index (χ0v) is 14.9. The molecule has 0 atom stereocenters. The van der Waals surface area contributed by atoms with Crippen LogP contribution in [0.1, 0.15) is 27.2 Å². The molecular formula is C19H18N6O2. The van der Waals surface area contributed by atoms with E-state index in [0.717, 1.165) is 11.1 Å². The summed E-state index contributed by atoms with van der Waals surface area (Å²) in [6.07, 6.45) is 1.54. The highest BCUT2D eigenvalue weighted by atomic mass is 16.1. The van der Waals surface area contributed by atoms with Crippen molar-refractivity contribution in [1.82, 2.24) is 15.2 Å². The van der Waals surface area contributed by atoms with Crippen LogP contribution in [-0.4, -0.2) is 27.3 Å². The Kier molecular flexibility index (Phi) is 5.36. The minimum atomic E-state index is -0.330. The number of nitrogens with zero attached hydrogens (tertiary/aromatic N) is 3. The molecule has 27 heavy (non-hydrogen) atoms. The van der Waals surface area contributed by atoms with Crippen LogP contribution >= 0.6 is 0 Å². The van der Waals surface area contributed by atoms with Gasteiger partial charge in [0.2, 0.25) is 5.95 Å². The van der Waals surface area contributed by atoms with E-state index >= 15 is 0 Å². The van der Waals surface area contributed by atoms with Crippen molar-refractivity contribution in [1.29, 1.82) is 0 Å². The van der Waals surface area contributed by atoms with Crippen LogP contribution in [0.2, 0.25) is 0 Å². The molecular weight excluding hydrogens is 344 g/mol. The van der Waals surface area contributed by atoms with E-state index in [9.17, 15) is 9.59 Å². The first kappa shape index (κ1) is 18.0. The van der Waals surface area contributed by atoms with Gasteiger partial charge in [0.1, 0.15) is 5.69 Å². The second kappa shape index (κ2) is 8.05. The fraction of sp³-hybridized carbons (Fsp3) is 0.105. The van der Waals surface area contributed by atoms with Crippen molar-refractivity contribution in [3.63, 3.8) is 0 Å².